The molecule has 5 nitrogen and oxygen atoms in total. The summed E-state index contributed by atoms with van der Waals surface area (Å²) in [6.07, 6.45) is 6.04. The molecule has 0 aliphatic heterocycles. The van der Waals surface area contributed by atoms with Gasteiger partial charge in [0.1, 0.15) is 5.75 Å². The first kappa shape index (κ1) is 13.1. The normalized spacial score (nSPS) is 18.1. The lowest BCUT2D eigenvalue weighted by atomic mass is 9.84. The van der Waals surface area contributed by atoms with E-state index in [1.54, 1.807) is 24.3 Å². The Morgan fingerprint density at radius 3 is 2.55 bits per heavy atom. The van der Waals surface area contributed by atoms with Crippen molar-refractivity contribution in [2.45, 2.75) is 38.1 Å². The van der Waals surface area contributed by atoms with E-state index in [1.165, 1.54) is 19.3 Å². The molecule has 5 heteroatoms. The third kappa shape index (κ3) is 2.67. The second-order valence-corrected chi connectivity index (χ2v) is 5.43. The maximum Gasteiger partial charge on any atom is 0.244 e. The Kier molecular flexibility index (Phi) is 3.69. The van der Waals surface area contributed by atoms with Crippen molar-refractivity contribution in [3.05, 3.63) is 30.2 Å². The van der Waals surface area contributed by atoms with E-state index in [9.17, 15) is 5.11 Å². The van der Waals surface area contributed by atoms with Crippen LogP contribution in [0.1, 0.15) is 44.0 Å². The molecule has 20 heavy (non-hydrogen) atoms. The van der Waals surface area contributed by atoms with Gasteiger partial charge in [-0.25, -0.2) is 0 Å². The van der Waals surface area contributed by atoms with E-state index < -0.39 is 0 Å². The van der Waals surface area contributed by atoms with E-state index in [4.69, 9.17) is 10.3 Å². The van der Waals surface area contributed by atoms with Crippen LogP contribution in [0.25, 0.3) is 11.4 Å². The van der Waals surface area contributed by atoms with Gasteiger partial charge in [0.25, 0.3) is 0 Å². The summed E-state index contributed by atoms with van der Waals surface area (Å²) in [7, 11) is 0. The average molecular weight is 273 g/mol. The van der Waals surface area contributed by atoms with E-state index in [2.05, 4.69) is 10.1 Å². The van der Waals surface area contributed by atoms with Crippen LogP contribution in [0.4, 0.5) is 0 Å². The van der Waals surface area contributed by atoms with E-state index in [0.29, 0.717) is 17.6 Å². The first-order chi connectivity index (χ1) is 9.74. The molecule has 1 heterocycles. The molecule has 0 bridgehead atoms. The lowest BCUT2D eigenvalue weighted by molar-refractivity contribution is 0.255. The van der Waals surface area contributed by atoms with Gasteiger partial charge < -0.3 is 15.4 Å². The van der Waals surface area contributed by atoms with E-state index in [0.717, 1.165) is 18.4 Å². The van der Waals surface area contributed by atoms with Crippen LogP contribution in [0.2, 0.25) is 0 Å². The molecule has 1 aliphatic carbocycles. The summed E-state index contributed by atoms with van der Waals surface area (Å²) in [5.41, 5.74) is 7.06. The van der Waals surface area contributed by atoms with Crippen molar-refractivity contribution in [3.63, 3.8) is 0 Å². The van der Waals surface area contributed by atoms with Gasteiger partial charge in [-0.1, -0.05) is 24.4 Å². The smallest absolute Gasteiger partial charge is 0.244 e. The summed E-state index contributed by atoms with van der Waals surface area (Å²) in [6.45, 7) is 0. The van der Waals surface area contributed by atoms with E-state index >= 15 is 0 Å². The SMILES string of the molecule is NC(c1nc(-c2ccc(O)cc2)no1)C1CCCCC1. The number of benzene rings is 1. The Morgan fingerprint density at radius 2 is 1.85 bits per heavy atom. The van der Waals surface area contributed by atoms with Crippen LogP contribution >= 0.6 is 0 Å². The molecular formula is C15H19N3O2. The number of nitrogens with two attached hydrogens (primary N) is 1. The van der Waals surface area contributed by atoms with E-state index in [-0.39, 0.29) is 11.8 Å². The first-order valence-electron chi connectivity index (χ1n) is 7.12. The number of hydrogen-bond acceptors (Lipinski definition) is 5. The summed E-state index contributed by atoms with van der Waals surface area (Å²) in [5, 5.41) is 13.3. The highest BCUT2D eigenvalue weighted by atomic mass is 16.5. The number of hydrogen-bond donors (Lipinski definition) is 2. The van der Waals surface area contributed by atoms with Crippen LogP contribution in [-0.4, -0.2) is 15.2 Å². The van der Waals surface area contributed by atoms with Crippen molar-refractivity contribution in [2.24, 2.45) is 11.7 Å². The van der Waals surface area contributed by atoms with Gasteiger partial charge in [-0.3, -0.25) is 0 Å². The Balaban J connectivity index is 1.77. The summed E-state index contributed by atoms with van der Waals surface area (Å²) in [6, 6.07) is 6.55. The van der Waals surface area contributed by atoms with Crippen molar-refractivity contribution in [3.8, 4) is 17.1 Å². The Morgan fingerprint density at radius 1 is 1.15 bits per heavy atom. The van der Waals surface area contributed by atoms with Gasteiger partial charge in [-0.2, -0.15) is 4.98 Å². The molecule has 0 spiro atoms. The fraction of sp³-hybridized carbons (Fsp3) is 0.467. The maximum absolute atomic E-state index is 9.28. The molecule has 1 aromatic heterocycles. The van der Waals surface area contributed by atoms with Crippen LogP contribution in [0.3, 0.4) is 0 Å². The summed E-state index contributed by atoms with van der Waals surface area (Å²) >= 11 is 0. The number of aromatic nitrogens is 2. The molecule has 1 atom stereocenters. The zero-order chi connectivity index (χ0) is 13.9. The molecule has 106 valence electrons. The van der Waals surface area contributed by atoms with Gasteiger partial charge in [0.05, 0.1) is 6.04 Å². The minimum Gasteiger partial charge on any atom is -0.508 e. The molecule has 0 saturated heterocycles. The van der Waals surface area contributed by atoms with Crippen molar-refractivity contribution in [1.82, 2.24) is 10.1 Å². The average Bonchev–Trinajstić information content (AvgIpc) is 2.98. The van der Waals surface area contributed by atoms with Crippen LogP contribution in [-0.2, 0) is 0 Å². The molecule has 2 aromatic rings. The number of phenolic OH excluding ortho intramolecular Hbond substituents is 1. The van der Waals surface area contributed by atoms with Crippen molar-refractivity contribution < 1.29 is 9.63 Å². The van der Waals surface area contributed by atoms with E-state index in [1.807, 2.05) is 0 Å². The van der Waals surface area contributed by atoms with Crippen molar-refractivity contribution in [1.29, 1.82) is 0 Å². The third-order valence-corrected chi connectivity index (χ3v) is 4.01. The fourth-order valence-electron chi connectivity index (χ4n) is 2.79. The zero-order valence-electron chi connectivity index (χ0n) is 11.3. The van der Waals surface area contributed by atoms with Crippen LogP contribution in [0.5, 0.6) is 5.75 Å². The minimum atomic E-state index is -0.173. The predicted molar refractivity (Wildman–Crippen MR) is 74.9 cm³/mol. The quantitative estimate of drug-likeness (QED) is 0.897. The Hall–Kier alpha value is -1.88. The predicted octanol–water partition coefficient (Wildman–Crippen LogP) is 3.02. The number of aromatic hydroxyl groups is 1. The van der Waals surface area contributed by atoms with Gasteiger partial charge in [-0.05, 0) is 43.0 Å². The second-order valence-electron chi connectivity index (χ2n) is 5.43. The summed E-state index contributed by atoms with van der Waals surface area (Å²) in [5.74, 6) is 1.69. The molecule has 3 rings (SSSR count). The Bertz CT molecular complexity index is 559. The summed E-state index contributed by atoms with van der Waals surface area (Å²) in [4.78, 5) is 4.40. The highest BCUT2D eigenvalue weighted by molar-refractivity contribution is 5.55. The molecular weight excluding hydrogens is 254 g/mol. The monoisotopic (exact) mass is 273 g/mol. The van der Waals surface area contributed by atoms with Gasteiger partial charge in [-0.15, -0.1) is 0 Å². The molecule has 1 fully saturated rings. The molecule has 1 unspecified atom stereocenters. The molecule has 1 aliphatic rings. The second kappa shape index (κ2) is 5.63. The molecule has 3 N–H and O–H groups in total. The zero-order valence-corrected chi connectivity index (χ0v) is 11.3. The largest absolute Gasteiger partial charge is 0.508 e. The molecule has 0 radical (unpaired) electrons. The fourth-order valence-corrected chi connectivity index (χ4v) is 2.79. The number of phenols is 1. The lowest BCUT2D eigenvalue weighted by Gasteiger charge is -2.24. The standard InChI is InChI=1S/C15H19N3O2/c16-13(10-4-2-1-3-5-10)15-17-14(18-20-15)11-6-8-12(19)9-7-11/h6-10,13,19H,1-5,16H2. The molecule has 1 saturated carbocycles. The minimum absolute atomic E-state index is 0.173. The first-order valence-corrected chi connectivity index (χ1v) is 7.12. The highest BCUT2D eigenvalue weighted by Crippen LogP contribution is 2.32. The maximum atomic E-state index is 9.28. The lowest BCUT2D eigenvalue weighted by Crippen LogP contribution is -2.23. The summed E-state index contributed by atoms with van der Waals surface area (Å²) < 4.78 is 5.32. The van der Waals surface area contributed by atoms with Crippen molar-refractivity contribution in [2.75, 3.05) is 0 Å². The number of nitrogens with zero attached hydrogens (tertiary/aromatic N) is 2. The van der Waals surface area contributed by atoms with Crippen molar-refractivity contribution >= 4 is 0 Å². The van der Waals surface area contributed by atoms with Gasteiger partial charge in [0.15, 0.2) is 0 Å². The highest BCUT2D eigenvalue weighted by Gasteiger charge is 2.26. The van der Waals surface area contributed by atoms with Gasteiger partial charge in [0.2, 0.25) is 11.7 Å². The van der Waals surface area contributed by atoms with Crippen LogP contribution < -0.4 is 5.73 Å². The van der Waals surface area contributed by atoms with Crippen LogP contribution in [0, 0.1) is 5.92 Å². The Labute approximate surface area is 117 Å². The molecule has 1 aromatic carbocycles. The molecule has 0 amide bonds. The van der Waals surface area contributed by atoms with Crippen LogP contribution in [0.15, 0.2) is 28.8 Å². The third-order valence-electron chi connectivity index (χ3n) is 4.01. The number of rotatable bonds is 3. The van der Waals surface area contributed by atoms with Gasteiger partial charge >= 0.3 is 0 Å². The topological polar surface area (TPSA) is 85.2 Å². The van der Waals surface area contributed by atoms with Gasteiger partial charge in [0, 0.05) is 5.56 Å².